The molecule has 0 spiro atoms. The highest BCUT2D eigenvalue weighted by Crippen LogP contribution is 2.38. The molecular formula is C20H22N2O. The first kappa shape index (κ1) is 14.5. The summed E-state index contributed by atoms with van der Waals surface area (Å²) >= 11 is 0. The summed E-state index contributed by atoms with van der Waals surface area (Å²) in [4.78, 5) is 4.37. The van der Waals surface area contributed by atoms with Crippen LogP contribution in [0.2, 0.25) is 0 Å². The molecule has 3 heterocycles. The van der Waals surface area contributed by atoms with Crippen LogP contribution in [0.1, 0.15) is 35.6 Å². The van der Waals surface area contributed by atoms with E-state index in [1.54, 1.807) is 0 Å². The second kappa shape index (κ2) is 5.82. The molecule has 0 amide bonds. The van der Waals surface area contributed by atoms with E-state index in [-0.39, 0.29) is 0 Å². The molecule has 1 aliphatic heterocycles. The summed E-state index contributed by atoms with van der Waals surface area (Å²) in [5, 5.41) is 1.34. The second-order valence-electron chi connectivity index (χ2n) is 6.45. The molecule has 3 heteroatoms. The summed E-state index contributed by atoms with van der Waals surface area (Å²) in [6.45, 7) is 6.10. The van der Waals surface area contributed by atoms with E-state index in [1.807, 2.05) is 12.4 Å². The van der Waals surface area contributed by atoms with E-state index in [1.165, 1.54) is 33.4 Å². The van der Waals surface area contributed by atoms with Crippen molar-refractivity contribution in [2.45, 2.75) is 32.6 Å². The van der Waals surface area contributed by atoms with Crippen LogP contribution in [-0.4, -0.2) is 22.8 Å². The van der Waals surface area contributed by atoms with Crippen LogP contribution in [0.25, 0.3) is 16.6 Å². The molecule has 0 radical (unpaired) electrons. The van der Waals surface area contributed by atoms with Crippen LogP contribution in [0.4, 0.5) is 0 Å². The average Bonchev–Trinajstić information content (AvgIpc) is 2.88. The van der Waals surface area contributed by atoms with E-state index >= 15 is 0 Å². The zero-order chi connectivity index (χ0) is 15.8. The number of ether oxygens (including phenoxy) is 1. The SMILES string of the molecule is Cc1ccc(-n2c(C)c(C3CCOCC3)c3ccncc32)cc1. The third-order valence-electron chi connectivity index (χ3n) is 4.98. The molecule has 0 N–H and O–H groups in total. The lowest BCUT2D eigenvalue weighted by molar-refractivity contribution is 0.0855. The number of hydrogen-bond donors (Lipinski definition) is 0. The molecule has 1 fully saturated rings. The smallest absolute Gasteiger partial charge is 0.0717 e. The summed E-state index contributed by atoms with van der Waals surface area (Å²) in [6, 6.07) is 10.9. The van der Waals surface area contributed by atoms with Crippen molar-refractivity contribution in [1.29, 1.82) is 0 Å². The first-order valence-electron chi connectivity index (χ1n) is 8.35. The van der Waals surface area contributed by atoms with Crippen molar-refractivity contribution in [3.8, 4) is 5.69 Å². The van der Waals surface area contributed by atoms with Crippen LogP contribution in [0.15, 0.2) is 42.7 Å². The van der Waals surface area contributed by atoms with Crippen molar-refractivity contribution in [3.63, 3.8) is 0 Å². The average molecular weight is 306 g/mol. The lowest BCUT2D eigenvalue weighted by Crippen LogP contribution is -2.14. The van der Waals surface area contributed by atoms with Gasteiger partial charge in [0.2, 0.25) is 0 Å². The maximum Gasteiger partial charge on any atom is 0.0717 e. The largest absolute Gasteiger partial charge is 0.381 e. The Labute approximate surface area is 136 Å². The van der Waals surface area contributed by atoms with E-state index in [9.17, 15) is 0 Å². The molecule has 1 aliphatic rings. The van der Waals surface area contributed by atoms with Gasteiger partial charge in [-0.3, -0.25) is 4.98 Å². The molecule has 0 bridgehead atoms. The van der Waals surface area contributed by atoms with Gasteiger partial charge in [0.1, 0.15) is 0 Å². The molecule has 3 aromatic rings. The van der Waals surface area contributed by atoms with Crippen molar-refractivity contribution in [3.05, 3.63) is 59.5 Å². The van der Waals surface area contributed by atoms with Crippen LogP contribution < -0.4 is 0 Å². The fourth-order valence-corrected chi connectivity index (χ4v) is 3.82. The minimum atomic E-state index is 0.584. The lowest BCUT2D eigenvalue weighted by atomic mass is 9.90. The Balaban J connectivity index is 1.94. The van der Waals surface area contributed by atoms with E-state index < -0.39 is 0 Å². The molecule has 4 rings (SSSR count). The first-order valence-corrected chi connectivity index (χ1v) is 8.35. The Kier molecular flexibility index (Phi) is 3.66. The highest BCUT2D eigenvalue weighted by atomic mass is 16.5. The van der Waals surface area contributed by atoms with Crippen molar-refractivity contribution in [2.24, 2.45) is 0 Å². The highest BCUT2D eigenvalue weighted by Gasteiger charge is 2.24. The molecular weight excluding hydrogens is 284 g/mol. The predicted octanol–water partition coefficient (Wildman–Crippen LogP) is 4.54. The molecule has 1 aromatic carbocycles. The number of fused-ring (bicyclic) bond motifs is 1. The van der Waals surface area contributed by atoms with Crippen molar-refractivity contribution < 1.29 is 4.74 Å². The van der Waals surface area contributed by atoms with Gasteiger partial charge in [0, 0.05) is 36.2 Å². The van der Waals surface area contributed by atoms with E-state index in [0.29, 0.717) is 5.92 Å². The molecule has 118 valence electrons. The summed E-state index contributed by atoms with van der Waals surface area (Å²) < 4.78 is 7.91. The topological polar surface area (TPSA) is 27.1 Å². The zero-order valence-electron chi connectivity index (χ0n) is 13.7. The van der Waals surface area contributed by atoms with Gasteiger partial charge < -0.3 is 9.30 Å². The van der Waals surface area contributed by atoms with E-state index in [4.69, 9.17) is 4.74 Å². The van der Waals surface area contributed by atoms with Gasteiger partial charge in [-0.15, -0.1) is 0 Å². The molecule has 2 aromatic heterocycles. The van der Waals surface area contributed by atoms with Gasteiger partial charge in [-0.25, -0.2) is 0 Å². The number of nitrogens with zero attached hydrogens (tertiary/aromatic N) is 2. The second-order valence-corrected chi connectivity index (χ2v) is 6.45. The van der Waals surface area contributed by atoms with Gasteiger partial charge in [-0.05, 0) is 56.4 Å². The monoisotopic (exact) mass is 306 g/mol. The number of hydrogen-bond acceptors (Lipinski definition) is 2. The fourth-order valence-electron chi connectivity index (χ4n) is 3.82. The summed E-state index contributed by atoms with van der Waals surface area (Å²) in [5.74, 6) is 0.584. The zero-order valence-corrected chi connectivity index (χ0v) is 13.7. The lowest BCUT2D eigenvalue weighted by Gasteiger charge is -2.23. The summed E-state index contributed by atoms with van der Waals surface area (Å²) in [7, 11) is 0. The van der Waals surface area contributed by atoms with E-state index in [2.05, 4.69) is 53.7 Å². The van der Waals surface area contributed by atoms with Crippen molar-refractivity contribution in [2.75, 3.05) is 13.2 Å². The van der Waals surface area contributed by atoms with Crippen LogP contribution in [-0.2, 0) is 4.74 Å². The van der Waals surface area contributed by atoms with Gasteiger partial charge in [0.25, 0.3) is 0 Å². The molecule has 0 unspecified atom stereocenters. The maximum absolute atomic E-state index is 5.56. The van der Waals surface area contributed by atoms with Crippen molar-refractivity contribution >= 4 is 10.9 Å². The minimum Gasteiger partial charge on any atom is -0.381 e. The Bertz CT molecular complexity index is 827. The Morgan fingerprint density at radius 1 is 1.04 bits per heavy atom. The summed E-state index contributed by atoms with van der Waals surface area (Å²) in [5.41, 5.74) is 6.51. The third kappa shape index (κ3) is 2.45. The predicted molar refractivity (Wildman–Crippen MR) is 93.3 cm³/mol. The Morgan fingerprint density at radius 3 is 2.52 bits per heavy atom. The first-order chi connectivity index (χ1) is 11.3. The molecule has 0 atom stereocenters. The van der Waals surface area contributed by atoms with Gasteiger partial charge in [-0.1, -0.05) is 17.7 Å². The molecule has 1 saturated heterocycles. The number of benzene rings is 1. The summed E-state index contributed by atoms with van der Waals surface area (Å²) in [6.07, 6.45) is 6.11. The highest BCUT2D eigenvalue weighted by molar-refractivity contribution is 5.87. The van der Waals surface area contributed by atoms with Gasteiger partial charge >= 0.3 is 0 Å². The van der Waals surface area contributed by atoms with Crippen LogP contribution in [0, 0.1) is 13.8 Å². The Hall–Kier alpha value is -2.13. The van der Waals surface area contributed by atoms with E-state index in [0.717, 1.165) is 26.1 Å². The van der Waals surface area contributed by atoms with Crippen LogP contribution in [0.3, 0.4) is 0 Å². The van der Waals surface area contributed by atoms with Gasteiger partial charge in [0.15, 0.2) is 0 Å². The normalized spacial score (nSPS) is 16.1. The number of rotatable bonds is 2. The number of aryl methyl sites for hydroxylation is 1. The fraction of sp³-hybridized carbons (Fsp3) is 0.350. The minimum absolute atomic E-state index is 0.584. The van der Waals surface area contributed by atoms with Crippen LogP contribution >= 0.6 is 0 Å². The standard InChI is InChI=1S/C20H22N2O/c1-14-3-5-17(6-4-14)22-15(2)20(16-8-11-23-12-9-16)18-7-10-21-13-19(18)22/h3-7,10,13,16H,8-9,11-12H2,1-2H3. The van der Waals surface area contributed by atoms with Crippen molar-refractivity contribution in [1.82, 2.24) is 9.55 Å². The number of aromatic nitrogens is 2. The third-order valence-corrected chi connectivity index (χ3v) is 4.98. The maximum atomic E-state index is 5.56. The molecule has 0 aliphatic carbocycles. The Morgan fingerprint density at radius 2 is 1.78 bits per heavy atom. The molecule has 23 heavy (non-hydrogen) atoms. The number of pyridine rings is 1. The van der Waals surface area contributed by atoms with Gasteiger partial charge in [0.05, 0.1) is 11.7 Å². The van der Waals surface area contributed by atoms with Gasteiger partial charge in [-0.2, -0.15) is 0 Å². The molecule has 3 nitrogen and oxygen atoms in total. The quantitative estimate of drug-likeness (QED) is 0.695. The van der Waals surface area contributed by atoms with Crippen LogP contribution in [0.5, 0.6) is 0 Å². The molecule has 0 saturated carbocycles.